The maximum absolute atomic E-state index is 13.8. The minimum Gasteiger partial charge on any atom is -0.497 e. The van der Waals surface area contributed by atoms with Crippen LogP contribution in [0.1, 0.15) is 28.8 Å². The lowest BCUT2D eigenvalue weighted by molar-refractivity contribution is 0.222. The zero-order valence-electron chi connectivity index (χ0n) is 17.5. The van der Waals surface area contributed by atoms with Gasteiger partial charge in [-0.15, -0.1) is 0 Å². The number of methoxy groups -OCH3 is 1. The third-order valence-corrected chi connectivity index (χ3v) is 6.51. The molecule has 0 spiro atoms. The third-order valence-electron chi connectivity index (χ3n) is 5.98. The lowest BCUT2D eigenvalue weighted by atomic mass is 9.84. The van der Waals surface area contributed by atoms with Gasteiger partial charge in [0.25, 0.3) is 0 Å². The Morgan fingerprint density at radius 1 is 1.03 bits per heavy atom. The van der Waals surface area contributed by atoms with E-state index < -0.39 is 6.10 Å². The van der Waals surface area contributed by atoms with Gasteiger partial charge in [-0.25, -0.2) is 9.07 Å². The Kier molecular flexibility index (Phi) is 4.69. The first kappa shape index (κ1) is 20.0. The van der Waals surface area contributed by atoms with E-state index in [0.29, 0.717) is 17.4 Å². The molecule has 4 aromatic rings. The lowest BCUT2D eigenvalue weighted by Crippen LogP contribution is -2.32. The number of aromatic nitrogens is 3. The van der Waals surface area contributed by atoms with Crippen LogP contribution in [0.15, 0.2) is 83.1 Å². The van der Waals surface area contributed by atoms with E-state index in [2.05, 4.69) is 31.3 Å². The normalized spacial score (nSPS) is 18.5. The van der Waals surface area contributed by atoms with E-state index in [1.165, 1.54) is 18.5 Å². The highest BCUT2D eigenvalue weighted by Gasteiger charge is 2.41. The summed E-state index contributed by atoms with van der Waals surface area (Å²) in [4.78, 5) is 4.42. The first-order valence-electron chi connectivity index (χ1n) is 10.4. The second-order valence-electron chi connectivity index (χ2n) is 7.85. The number of halogens is 2. The molecule has 3 heterocycles. The monoisotopic (exact) mass is 504 g/mol. The fourth-order valence-electron chi connectivity index (χ4n) is 4.45. The van der Waals surface area contributed by atoms with Crippen molar-refractivity contribution in [2.75, 3.05) is 12.4 Å². The van der Waals surface area contributed by atoms with E-state index in [9.17, 15) is 4.39 Å². The van der Waals surface area contributed by atoms with Crippen LogP contribution in [0.4, 0.5) is 10.3 Å². The molecule has 6 rings (SSSR count). The van der Waals surface area contributed by atoms with Crippen LogP contribution in [0.3, 0.4) is 0 Å². The molecule has 0 radical (unpaired) electrons. The highest BCUT2D eigenvalue weighted by atomic mass is 79.9. The number of benzene rings is 3. The quantitative estimate of drug-likeness (QED) is 0.385. The molecule has 0 bridgehead atoms. The van der Waals surface area contributed by atoms with Crippen LogP contribution < -0.4 is 14.8 Å². The summed E-state index contributed by atoms with van der Waals surface area (Å²) in [5.74, 6) is 1.74. The van der Waals surface area contributed by atoms with Crippen LogP contribution in [0.25, 0.3) is 5.70 Å². The van der Waals surface area contributed by atoms with Crippen molar-refractivity contribution in [1.82, 2.24) is 14.8 Å². The Labute approximate surface area is 197 Å². The molecule has 8 heteroatoms. The first-order valence-corrected chi connectivity index (χ1v) is 11.2. The molecule has 1 aromatic heterocycles. The van der Waals surface area contributed by atoms with Crippen LogP contribution in [0.2, 0.25) is 0 Å². The lowest BCUT2D eigenvalue weighted by Gasteiger charge is -2.39. The summed E-state index contributed by atoms with van der Waals surface area (Å²) in [5, 5.41) is 7.95. The van der Waals surface area contributed by atoms with Crippen molar-refractivity contribution < 1.29 is 13.9 Å². The van der Waals surface area contributed by atoms with E-state index in [1.54, 1.807) is 19.2 Å². The summed E-state index contributed by atoms with van der Waals surface area (Å²) in [5.41, 5.74) is 4.65. The highest BCUT2D eigenvalue weighted by molar-refractivity contribution is 9.10. The average Bonchev–Trinajstić information content (AvgIpc) is 3.31. The summed E-state index contributed by atoms with van der Waals surface area (Å²) in [6.45, 7) is 0. The van der Waals surface area contributed by atoms with Crippen molar-refractivity contribution in [3.63, 3.8) is 0 Å². The fourth-order valence-corrected chi connectivity index (χ4v) is 4.72. The smallest absolute Gasteiger partial charge is 0.226 e. The number of anilines is 1. The van der Waals surface area contributed by atoms with Gasteiger partial charge >= 0.3 is 0 Å². The molecule has 0 saturated heterocycles. The molecule has 6 nitrogen and oxygen atoms in total. The van der Waals surface area contributed by atoms with Gasteiger partial charge in [0.05, 0.1) is 12.8 Å². The Bertz CT molecular complexity index is 1380. The molecule has 33 heavy (non-hydrogen) atoms. The van der Waals surface area contributed by atoms with Gasteiger partial charge in [-0.3, -0.25) is 0 Å². The molecule has 1 N–H and O–H groups in total. The van der Waals surface area contributed by atoms with Crippen LogP contribution in [0, 0.1) is 5.82 Å². The zero-order chi connectivity index (χ0) is 22.5. The predicted molar refractivity (Wildman–Crippen MR) is 126 cm³/mol. The number of nitrogens with zero attached hydrogens (tertiary/aromatic N) is 3. The van der Waals surface area contributed by atoms with Gasteiger partial charge in [0.1, 0.15) is 35.8 Å². The summed E-state index contributed by atoms with van der Waals surface area (Å²) < 4.78 is 28.6. The molecule has 2 atom stereocenters. The number of fused-ring (bicyclic) bond motifs is 3. The molecule has 164 valence electrons. The number of hydrogen-bond donors (Lipinski definition) is 1. The number of rotatable bonds is 3. The zero-order valence-corrected chi connectivity index (χ0v) is 19.1. The third kappa shape index (κ3) is 3.29. The maximum atomic E-state index is 13.8. The van der Waals surface area contributed by atoms with E-state index in [0.717, 1.165) is 32.4 Å². The van der Waals surface area contributed by atoms with E-state index >= 15 is 0 Å². The first-order chi connectivity index (χ1) is 16.1. The van der Waals surface area contributed by atoms with E-state index in [-0.39, 0.29) is 11.9 Å². The predicted octanol–water partition coefficient (Wildman–Crippen LogP) is 5.75. The second-order valence-corrected chi connectivity index (χ2v) is 8.76. The number of nitrogens with one attached hydrogen (secondary N) is 1. The standard InChI is InChI=1S/C25H18BrFN4O2/c1-32-18-10-11-19-20(12-18)33-24(15-2-6-16(26)7-3-15)21-22(19)30-25-28-13-29-31(25)23(21)14-4-8-17(27)9-5-14/h2-13,23-24H,1H3,(H,28,29,30)/t23-,24-/m1/s1. The molecular formula is C25H18BrFN4O2. The summed E-state index contributed by atoms with van der Waals surface area (Å²) in [6, 6.07) is 20.0. The SMILES string of the molecule is COc1ccc2c(c1)O[C@H](c1ccc(Br)cc1)C1=C2Nc2ncnn2[C@@H]1c1ccc(F)cc1. The molecule has 0 amide bonds. The number of ether oxygens (including phenoxy) is 2. The Morgan fingerprint density at radius 2 is 1.79 bits per heavy atom. The fraction of sp³-hybridized carbons (Fsp3) is 0.120. The molecule has 2 aliphatic heterocycles. The molecule has 3 aromatic carbocycles. The van der Waals surface area contributed by atoms with Crippen LogP contribution in [0.5, 0.6) is 11.5 Å². The summed E-state index contributed by atoms with van der Waals surface area (Å²) >= 11 is 3.51. The topological polar surface area (TPSA) is 61.2 Å². The van der Waals surface area contributed by atoms with Gasteiger partial charge in [-0.2, -0.15) is 10.1 Å². The minimum atomic E-state index is -0.410. The molecular weight excluding hydrogens is 487 g/mol. The van der Waals surface area contributed by atoms with Crippen molar-refractivity contribution in [2.45, 2.75) is 12.1 Å². The largest absolute Gasteiger partial charge is 0.497 e. The highest BCUT2D eigenvalue weighted by Crippen LogP contribution is 2.51. The van der Waals surface area contributed by atoms with Gasteiger partial charge in [0, 0.05) is 21.7 Å². The second kappa shape index (κ2) is 7.74. The van der Waals surface area contributed by atoms with Gasteiger partial charge in [0.15, 0.2) is 0 Å². The van der Waals surface area contributed by atoms with Gasteiger partial charge in [-0.05, 0) is 47.5 Å². The number of hydrogen-bond acceptors (Lipinski definition) is 5. The minimum absolute atomic E-state index is 0.289. The Morgan fingerprint density at radius 3 is 2.55 bits per heavy atom. The van der Waals surface area contributed by atoms with E-state index in [4.69, 9.17) is 9.47 Å². The van der Waals surface area contributed by atoms with Crippen molar-refractivity contribution >= 4 is 27.6 Å². The van der Waals surface area contributed by atoms with Crippen molar-refractivity contribution in [3.05, 3.63) is 106 Å². The van der Waals surface area contributed by atoms with Crippen LogP contribution in [-0.2, 0) is 0 Å². The van der Waals surface area contributed by atoms with Gasteiger partial charge in [0.2, 0.25) is 5.95 Å². The average molecular weight is 505 g/mol. The van der Waals surface area contributed by atoms with Crippen LogP contribution in [-0.4, -0.2) is 21.9 Å². The van der Waals surface area contributed by atoms with Gasteiger partial charge in [-0.1, -0.05) is 40.2 Å². The molecule has 0 fully saturated rings. The van der Waals surface area contributed by atoms with Gasteiger partial charge < -0.3 is 14.8 Å². The maximum Gasteiger partial charge on any atom is 0.226 e. The van der Waals surface area contributed by atoms with Crippen LogP contribution >= 0.6 is 15.9 Å². The molecule has 0 unspecified atom stereocenters. The summed E-state index contributed by atoms with van der Waals surface area (Å²) in [6.07, 6.45) is 1.11. The Balaban J connectivity index is 1.62. The van der Waals surface area contributed by atoms with Crippen molar-refractivity contribution in [2.24, 2.45) is 0 Å². The summed E-state index contributed by atoms with van der Waals surface area (Å²) in [7, 11) is 1.63. The van der Waals surface area contributed by atoms with Crippen molar-refractivity contribution in [1.29, 1.82) is 0 Å². The molecule has 2 aliphatic rings. The molecule has 0 aliphatic carbocycles. The molecule has 0 saturated carbocycles. The van der Waals surface area contributed by atoms with Crippen molar-refractivity contribution in [3.8, 4) is 11.5 Å². The Hall–Kier alpha value is -3.65. The van der Waals surface area contributed by atoms with E-state index in [1.807, 2.05) is 47.1 Å².